The van der Waals surface area contributed by atoms with Gasteiger partial charge < -0.3 is 4.74 Å². The minimum absolute atomic E-state index is 0.176. The van der Waals surface area contributed by atoms with Crippen molar-refractivity contribution in [3.63, 3.8) is 0 Å². The molecule has 0 aliphatic carbocycles. The minimum atomic E-state index is -0.176. The van der Waals surface area contributed by atoms with Crippen molar-refractivity contribution in [3.8, 4) is 0 Å². The van der Waals surface area contributed by atoms with Crippen LogP contribution in [0.2, 0.25) is 0 Å². The van der Waals surface area contributed by atoms with Crippen molar-refractivity contribution < 1.29 is 14.3 Å². The molecule has 4 nitrogen and oxygen atoms in total. The van der Waals surface area contributed by atoms with E-state index >= 15 is 0 Å². The first kappa shape index (κ1) is 24.3. The fourth-order valence-electron chi connectivity index (χ4n) is 3.25. The molecule has 0 N–H and O–H groups in total. The van der Waals surface area contributed by atoms with Crippen molar-refractivity contribution in [1.82, 2.24) is 4.98 Å². The maximum absolute atomic E-state index is 11.9. The first-order valence-corrected chi connectivity index (χ1v) is 11.3. The molecule has 4 heteroatoms. The first-order chi connectivity index (χ1) is 13.7. The lowest BCUT2D eigenvalue weighted by molar-refractivity contribution is -0.145. The second-order valence-corrected chi connectivity index (χ2v) is 7.70. The van der Waals surface area contributed by atoms with Crippen LogP contribution in [0, 0.1) is 0 Å². The summed E-state index contributed by atoms with van der Waals surface area (Å²) in [6.45, 7) is 2.53. The Labute approximate surface area is 171 Å². The van der Waals surface area contributed by atoms with E-state index in [2.05, 4.69) is 11.9 Å². The van der Waals surface area contributed by atoms with Crippen LogP contribution in [0.5, 0.6) is 0 Å². The number of Topliss-reactive ketones (excluding diaryl/α,β-unsaturated/α-hetero) is 1. The summed E-state index contributed by atoms with van der Waals surface area (Å²) >= 11 is 0. The number of ketones is 1. The molecule has 1 aromatic heterocycles. The van der Waals surface area contributed by atoms with Gasteiger partial charge in [-0.15, -0.1) is 0 Å². The SMILES string of the molecule is CCCCCCCCCCCC(=O)CCCCCC(=O)OCc1cccnc1. The summed E-state index contributed by atoms with van der Waals surface area (Å²) in [5, 5.41) is 0. The number of unbranched alkanes of at least 4 members (excludes halogenated alkanes) is 10. The number of esters is 1. The van der Waals surface area contributed by atoms with Gasteiger partial charge in [0.05, 0.1) is 0 Å². The first-order valence-electron chi connectivity index (χ1n) is 11.3. The molecule has 0 aliphatic heterocycles. The number of rotatable bonds is 18. The van der Waals surface area contributed by atoms with E-state index in [-0.39, 0.29) is 12.6 Å². The van der Waals surface area contributed by atoms with Crippen LogP contribution in [0.15, 0.2) is 24.5 Å². The van der Waals surface area contributed by atoms with E-state index in [1.54, 1.807) is 12.4 Å². The van der Waals surface area contributed by atoms with E-state index < -0.39 is 0 Å². The van der Waals surface area contributed by atoms with Crippen LogP contribution in [0.4, 0.5) is 0 Å². The molecule has 1 heterocycles. The van der Waals surface area contributed by atoms with E-state index in [0.29, 0.717) is 18.6 Å². The Morgan fingerprint density at radius 2 is 1.39 bits per heavy atom. The Hall–Kier alpha value is -1.71. The van der Waals surface area contributed by atoms with E-state index in [0.717, 1.165) is 37.7 Å². The van der Waals surface area contributed by atoms with Gasteiger partial charge in [0, 0.05) is 37.2 Å². The number of carbonyl (C=O) groups excluding carboxylic acids is 2. The van der Waals surface area contributed by atoms with Gasteiger partial charge in [-0.1, -0.05) is 70.8 Å². The number of carbonyl (C=O) groups is 2. The molecular formula is C24H39NO3. The third-order valence-electron chi connectivity index (χ3n) is 5.02. The van der Waals surface area contributed by atoms with Gasteiger partial charge in [0.15, 0.2) is 0 Å². The molecule has 0 atom stereocenters. The predicted octanol–water partition coefficient (Wildman–Crippen LogP) is 6.57. The molecule has 0 radical (unpaired) electrons. The highest BCUT2D eigenvalue weighted by molar-refractivity contribution is 5.78. The van der Waals surface area contributed by atoms with Gasteiger partial charge in [-0.2, -0.15) is 0 Å². The molecule has 0 fully saturated rings. The Balaban J connectivity index is 1.86. The maximum Gasteiger partial charge on any atom is 0.306 e. The van der Waals surface area contributed by atoms with Gasteiger partial charge in [-0.25, -0.2) is 0 Å². The van der Waals surface area contributed by atoms with Crippen molar-refractivity contribution in [2.45, 2.75) is 110 Å². The van der Waals surface area contributed by atoms with Crippen LogP contribution in [0.3, 0.4) is 0 Å². The van der Waals surface area contributed by atoms with Crippen molar-refractivity contribution in [2.75, 3.05) is 0 Å². The van der Waals surface area contributed by atoms with Gasteiger partial charge >= 0.3 is 5.97 Å². The highest BCUT2D eigenvalue weighted by Crippen LogP contribution is 2.12. The summed E-state index contributed by atoms with van der Waals surface area (Å²) in [6.07, 6.45) is 19.3. The van der Waals surface area contributed by atoms with E-state index in [9.17, 15) is 9.59 Å². The largest absolute Gasteiger partial charge is 0.461 e. The molecular weight excluding hydrogens is 350 g/mol. The Kier molecular flexibility index (Phi) is 15.1. The highest BCUT2D eigenvalue weighted by Gasteiger charge is 2.05. The standard InChI is InChI=1S/C24H39NO3/c1-2-3-4-5-6-7-8-9-11-16-23(26)17-12-10-13-18-24(27)28-21-22-15-14-19-25-20-22/h14-15,19-20H,2-13,16-18,21H2,1H3. The number of nitrogens with zero attached hydrogens (tertiary/aromatic N) is 1. The molecule has 0 spiro atoms. The fraction of sp³-hybridized carbons (Fsp3) is 0.708. The van der Waals surface area contributed by atoms with Crippen LogP contribution in [0.25, 0.3) is 0 Å². The number of pyridine rings is 1. The zero-order valence-electron chi connectivity index (χ0n) is 17.8. The van der Waals surface area contributed by atoms with Crippen LogP contribution in [-0.2, 0) is 20.9 Å². The molecule has 0 aliphatic rings. The summed E-state index contributed by atoms with van der Waals surface area (Å²) in [4.78, 5) is 27.6. The van der Waals surface area contributed by atoms with Crippen LogP contribution < -0.4 is 0 Å². The summed E-state index contributed by atoms with van der Waals surface area (Å²) in [6, 6.07) is 3.72. The van der Waals surface area contributed by atoms with Crippen molar-refractivity contribution >= 4 is 11.8 Å². The zero-order chi connectivity index (χ0) is 20.3. The van der Waals surface area contributed by atoms with E-state index in [1.165, 1.54) is 51.4 Å². The average Bonchev–Trinajstić information content (AvgIpc) is 2.71. The lowest BCUT2D eigenvalue weighted by atomic mass is 10.0. The molecule has 1 rings (SSSR count). The number of hydrogen-bond donors (Lipinski definition) is 0. The van der Waals surface area contributed by atoms with Gasteiger partial charge in [0.2, 0.25) is 0 Å². The number of hydrogen-bond acceptors (Lipinski definition) is 4. The van der Waals surface area contributed by atoms with E-state index in [4.69, 9.17) is 4.74 Å². The minimum Gasteiger partial charge on any atom is -0.461 e. The molecule has 0 amide bonds. The average molecular weight is 390 g/mol. The molecule has 0 aromatic carbocycles. The fourth-order valence-corrected chi connectivity index (χ4v) is 3.25. The van der Waals surface area contributed by atoms with Crippen LogP contribution >= 0.6 is 0 Å². The second kappa shape index (κ2) is 17.4. The molecule has 28 heavy (non-hydrogen) atoms. The third-order valence-corrected chi connectivity index (χ3v) is 5.02. The summed E-state index contributed by atoms with van der Waals surface area (Å²) in [7, 11) is 0. The smallest absolute Gasteiger partial charge is 0.306 e. The maximum atomic E-state index is 11.9. The van der Waals surface area contributed by atoms with Crippen molar-refractivity contribution in [1.29, 1.82) is 0 Å². The monoisotopic (exact) mass is 389 g/mol. The lowest BCUT2D eigenvalue weighted by Crippen LogP contribution is -2.04. The van der Waals surface area contributed by atoms with Gasteiger partial charge in [0.1, 0.15) is 12.4 Å². The summed E-state index contributed by atoms with van der Waals surface area (Å²) in [5.74, 6) is 0.201. The van der Waals surface area contributed by atoms with Crippen LogP contribution in [-0.4, -0.2) is 16.7 Å². The Morgan fingerprint density at radius 3 is 2.00 bits per heavy atom. The van der Waals surface area contributed by atoms with Crippen molar-refractivity contribution in [3.05, 3.63) is 30.1 Å². The molecule has 0 bridgehead atoms. The number of aromatic nitrogens is 1. The molecule has 1 aromatic rings. The van der Waals surface area contributed by atoms with Gasteiger partial charge in [-0.05, 0) is 25.3 Å². The predicted molar refractivity (Wildman–Crippen MR) is 114 cm³/mol. The topological polar surface area (TPSA) is 56.3 Å². The van der Waals surface area contributed by atoms with Crippen molar-refractivity contribution in [2.24, 2.45) is 0 Å². The van der Waals surface area contributed by atoms with Gasteiger partial charge in [-0.3, -0.25) is 14.6 Å². The summed E-state index contributed by atoms with van der Waals surface area (Å²) in [5.41, 5.74) is 0.901. The highest BCUT2D eigenvalue weighted by atomic mass is 16.5. The molecule has 0 saturated heterocycles. The van der Waals surface area contributed by atoms with Crippen LogP contribution in [0.1, 0.15) is 109 Å². The molecule has 158 valence electrons. The summed E-state index contributed by atoms with van der Waals surface area (Å²) < 4.78 is 5.22. The number of ether oxygens (including phenoxy) is 1. The zero-order valence-corrected chi connectivity index (χ0v) is 17.8. The molecule has 0 saturated carbocycles. The van der Waals surface area contributed by atoms with E-state index in [1.807, 2.05) is 12.1 Å². The Bertz CT molecular complexity index is 516. The second-order valence-electron chi connectivity index (χ2n) is 7.70. The lowest BCUT2D eigenvalue weighted by Gasteiger charge is -2.05. The normalized spacial score (nSPS) is 10.8. The van der Waals surface area contributed by atoms with Gasteiger partial charge in [0.25, 0.3) is 0 Å². The molecule has 0 unspecified atom stereocenters. The Morgan fingerprint density at radius 1 is 0.821 bits per heavy atom. The third kappa shape index (κ3) is 14.4. The quantitative estimate of drug-likeness (QED) is 0.210.